The quantitative estimate of drug-likeness (QED) is 0.917. The van der Waals surface area contributed by atoms with Gasteiger partial charge in [0, 0.05) is 11.8 Å². The first-order chi connectivity index (χ1) is 8.65. The second-order valence-corrected chi connectivity index (χ2v) is 6.75. The Balaban J connectivity index is 1.82. The molecule has 2 aliphatic rings. The molecule has 7 heteroatoms. The summed E-state index contributed by atoms with van der Waals surface area (Å²) < 4.78 is 37.0. The molecule has 0 amide bonds. The minimum absolute atomic E-state index is 0.174. The Morgan fingerprint density at radius 2 is 2.11 bits per heavy atom. The van der Waals surface area contributed by atoms with Crippen molar-refractivity contribution in [3.8, 4) is 11.5 Å². The minimum atomic E-state index is -3.38. The molecule has 0 saturated heterocycles. The van der Waals surface area contributed by atoms with E-state index in [1.54, 1.807) is 24.3 Å². The van der Waals surface area contributed by atoms with E-state index in [4.69, 9.17) is 9.47 Å². The Kier molecular flexibility index (Phi) is 2.87. The van der Waals surface area contributed by atoms with E-state index in [1.807, 2.05) is 5.41 Å². The van der Waals surface area contributed by atoms with Crippen LogP contribution in [0, 0.1) is 0 Å². The van der Waals surface area contributed by atoms with Crippen molar-refractivity contribution in [3.05, 3.63) is 29.7 Å². The van der Waals surface area contributed by atoms with Gasteiger partial charge in [0.2, 0.25) is 16.8 Å². The summed E-state index contributed by atoms with van der Waals surface area (Å²) in [7, 11) is -3.38. The van der Waals surface area contributed by atoms with Gasteiger partial charge in [-0.1, -0.05) is 6.08 Å². The molecule has 0 radical (unpaired) electrons. The molecule has 2 aliphatic heterocycles. The number of nitrogens with one attached hydrogen (secondary N) is 1. The van der Waals surface area contributed by atoms with Crippen molar-refractivity contribution in [2.45, 2.75) is 5.25 Å². The van der Waals surface area contributed by atoms with Crippen molar-refractivity contribution in [1.29, 1.82) is 0 Å². The zero-order valence-corrected chi connectivity index (χ0v) is 11.0. The molecule has 96 valence electrons. The highest BCUT2D eigenvalue weighted by atomic mass is 32.2. The summed E-state index contributed by atoms with van der Waals surface area (Å²) >= 11 is 1.50. The molecule has 3 rings (SSSR count). The molecule has 18 heavy (non-hydrogen) atoms. The highest BCUT2D eigenvalue weighted by molar-refractivity contribution is 8.04. The molecule has 1 unspecified atom stereocenters. The molecular formula is C11H11NO4S2. The number of hydrogen-bond acceptors (Lipinski definition) is 5. The molecule has 0 bridgehead atoms. The maximum Gasteiger partial charge on any atom is 0.240 e. The zero-order chi connectivity index (χ0) is 12.6. The van der Waals surface area contributed by atoms with E-state index in [2.05, 4.69) is 4.72 Å². The Labute approximate surface area is 109 Å². The maximum atomic E-state index is 12.1. The smallest absolute Gasteiger partial charge is 0.240 e. The lowest BCUT2D eigenvalue weighted by atomic mass is 10.3. The fourth-order valence-corrected chi connectivity index (χ4v) is 4.40. The number of benzene rings is 1. The fraction of sp³-hybridized carbons (Fsp3) is 0.273. The van der Waals surface area contributed by atoms with E-state index in [0.29, 0.717) is 22.9 Å². The van der Waals surface area contributed by atoms with Crippen molar-refractivity contribution in [3.63, 3.8) is 0 Å². The lowest BCUT2D eigenvalue weighted by Gasteiger charge is -2.12. The van der Waals surface area contributed by atoms with Crippen LogP contribution in [0.15, 0.2) is 29.7 Å². The molecule has 0 spiro atoms. The van der Waals surface area contributed by atoms with Crippen molar-refractivity contribution in [1.82, 2.24) is 0 Å². The van der Waals surface area contributed by atoms with Crippen LogP contribution in [0.1, 0.15) is 0 Å². The number of ether oxygens (including phenoxy) is 2. The lowest BCUT2D eigenvalue weighted by Crippen LogP contribution is -2.26. The molecular weight excluding hydrogens is 274 g/mol. The van der Waals surface area contributed by atoms with Crippen LogP contribution in [0.4, 0.5) is 5.69 Å². The first-order valence-corrected chi connectivity index (χ1v) is 7.94. The molecule has 1 atom stereocenters. The molecule has 0 saturated carbocycles. The highest BCUT2D eigenvalue weighted by Gasteiger charge is 2.26. The van der Waals surface area contributed by atoms with Crippen LogP contribution >= 0.6 is 11.8 Å². The van der Waals surface area contributed by atoms with Gasteiger partial charge in [0.05, 0.1) is 5.69 Å². The third kappa shape index (κ3) is 2.15. The monoisotopic (exact) mass is 285 g/mol. The van der Waals surface area contributed by atoms with Crippen molar-refractivity contribution >= 4 is 27.5 Å². The predicted molar refractivity (Wildman–Crippen MR) is 70.5 cm³/mol. The van der Waals surface area contributed by atoms with Gasteiger partial charge in [0.1, 0.15) is 5.25 Å². The molecule has 5 nitrogen and oxygen atoms in total. The minimum Gasteiger partial charge on any atom is -0.454 e. The molecule has 1 aromatic rings. The third-order valence-corrected chi connectivity index (χ3v) is 5.43. The van der Waals surface area contributed by atoms with Gasteiger partial charge in [-0.3, -0.25) is 4.72 Å². The summed E-state index contributed by atoms with van der Waals surface area (Å²) in [5.41, 5.74) is 0.490. The topological polar surface area (TPSA) is 64.6 Å². The molecule has 0 fully saturated rings. The second kappa shape index (κ2) is 4.40. The van der Waals surface area contributed by atoms with Gasteiger partial charge in [-0.25, -0.2) is 8.42 Å². The van der Waals surface area contributed by atoms with E-state index in [-0.39, 0.29) is 6.79 Å². The second-order valence-electron chi connectivity index (χ2n) is 3.92. The summed E-state index contributed by atoms with van der Waals surface area (Å²) in [4.78, 5) is 0. The molecule has 0 aliphatic carbocycles. The first-order valence-electron chi connectivity index (χ1n) is 5.35. The Bertz CT molecular complexity index is 597. The molecule has 0 aromatic heterocycles. The van der Waals surface area contributed by atoms with Crippen LogP contribution < -0.4 is 14.2 Å². The number of sulfonamides is 1. The normalized spacial score (nSPS) is 21.2. The zero-order valence-electron chi connectivity index (χ0n) is 9.33. The van der Waals surface area contributed by atoms with Crippen molar-refractivity contribution in [2.75, 3.05) is 17.3 Å². The number of rotatable bonds is 3. The van der Waals surface area contributed by atoms with Crippen LogP contribution in [-0.4, -0.2) is 26.2 Å². The Morgan fingerprint density at radius 1 is 1.28 bits per heavy atom. The van der Waals surface area contributed by atoms with Gasteiger partial charge in [-0.2, -0.15) is 0 Å². The van der Waals surface area contributed by atoms with Gasteiger partial charge in [0.15, 0.2) is 11.5 Å². The van der Waals surface area contributed by atoms with E-state index in [0.717, 1.165) is 0 Å². The van der Waals surface area contributed by atoms with Gasteiger partial charge in [-0.05, 0) is 17.5 Å². The van der Waals surface area contributed by atoms with Gasteiger partial charge < -0.3 is 9.47 Å². The highest BCUT2D eigenvalue weighted by Crippen LogP contribution is 2.35. The maximum absolute atomic E-state index is 12.1. The van der Waals surface area contributed by atoms with Gasteiger partial charge in [0.25, 0.3) is 0 Å². The van der Waals surface area contributed by atoms with Crippen molar-refractivity contribution < 1.29 is 17.9 Å². The van der Waals surface area contributed by atoms with Crippen molar-refractivity contribution in [2.24, 2.45) is 0 Å². The van der Waals surface area contributed by atoms with Crippen LogP contribution in [0.5, 0.6) is 11.5 Å². The summed E-state index contributed by atoms with van der Waals surface area (Å²) in [6.45, 7) is 0.174. The molecule has 1 N–H and O–H groups in total. The third-order valence-electron chi connectivity index (χ3n) is 2.68. The number of thioether (sulfide) groups is 1. The SMILES string of the molecule is O=S(=O)(Nc1ccc2c(c1)OCO2)C1C=CSC1. The average Bonchev–Trinajstić information content (AvgIpc) is 2.99. The van der Waals surface area contributed by atoms with E-state index < -0.39 is 15.3 Å². The fourth-order valence-electron chi connectivity index (χ4n) is 1.74. The Morgan fingerprint density at radius 3 is 2.89 bits per heavy atom. The number of fused-ring (bicyclic) bond motifs is 1. The number of anilines is 1. The van der Waals surface area contributed by atoms with Crippen LogP contribution in [-0.2, 0) is 10.0 Å². The average molecular weight is 285 g/mol. The summed E-state index contributed by atoms with van der Waals surface area (Å²) in [5, 5.41) is 1.33. The lowest BCUT2D eigenvalue weighted by molar-refractivity contribution is 0.174. The van der Waals surface area contributed by atoms with Crippen LogP contribution in [0.25, 0.3) is 0 Å². The summed E-state index contributed by atoms with van der Waals surface area (Å²) in [5.74, 6) is 1.75. The summed E-state index contributed by atoms with van der Waals surface area (Å²) in [6, 6.07) is 4.99. The van der Waals surface area contributed by atoms with E-state index in [1.165, 1.54) is 11.8 Å². The predicted octanol–water partition coefficient (Wildman–Crippen LogP) is 1.79. The van der Waals surface area contributed by atoms with Gasteiger partial charge >= 0.3 is 0 Å². The van der Waals surface area contributed by atoms with E-state index in [9.17, 15) is 8.42 Å². The van der Waals surface area contributed by atoms with Crippen LogP contribution in [0.3, 0.4) is 0 Å². The first kappa shape index (κ1) is 11.7. The summed E-state index contributed by atoms with van der Waals surface area (Å²) in [6.07, 6.45) is 1.69. The van der Waals surface area contributed by atoms with Gasteiger partial charge in [-0.15, -0.1) is 11.8 Å². The Hall–Kier alpha value is -1.34. The molecule has 2 heterocycles. The van der Waals surface area contributed by atoms with E-state index >= 15 is 0 Å². The van der Waals surface area contributed by atoms with Crippen LogP contribution in [0.2, 0.25) is 0 Å². The molecule has 1 aromatic carbocycles. The largest absolute Gasteiger partial charge is 0.454 e. The number of hydrogen-bond donors (Lipinski definition) is 1. The standard InChI is InChI=1S/C11H11NO4S2/c13-18(14,9-3-4-17-6-9)12-8-1-2-10-11(5-8)16-7-15-10/h1-5,9,12H,6-7H2.